The van der Waals surface area contributed by atoms with E-state index in [0.717, 1.165) is 17.1 Å². The summed E-state index contributed by atoms with van der Waals surface area (Å²) in [6, 6.07) is 3.77. The molecule has 154 valence electrons. The zero-order chi connectivity index (χ0) is 20.3. The van der Waals surface area contributed by atoms with E-state index in [1.807, 2.05) is 42.9 Å². The van der Waals surface area contributed by atoms with Crippen LogP contribution in [0.1, 0.15) is 33.6 Å². The summed E-state index contributed by atoms with van der Waals surface area (Å²) in [4.78, 5) is 15.8. The van der Waals surface area contributed by atoms with Gasteiger partial charge >= 0.3 is 0 Å². The van der Waals surface area contributed by atoms with Crippen molar-refractivity contribution >= 4 is 38.8 Å². The monoisotopic (exact) mass is 442 g/mol. The molecule has 2 aromatic rings. The lowest BCUT2D eigenvalue weighted by atomic mass is 10.1. The predicted octanol–water partition coefficient (Wildman–Crippen LogP) is 2.93. The standard InChI is InChI=1S/C18H26N4O3S3/c1-4-13(3)22(14-8-10-28(24,25)12-14)16(23)11-27-18-20-19-17(21(18)5-2)15-7-6-9-26-15/h6-7,9,13-14H,4-5,8,10-12H2,1-3H3. The number of carbonyl (C=O) groups is 1. The van der Waals surface area contributed by atoms with Crippen molar-refractivity contribution < 1.29 is 13.2 Å². The Hall–Kier alpha value is -1.39. The van der Waals surface area contributed by atoms with Gasteiger partial charge in [-0.1, -0.05) is 24.8 Å². The third-order valence-corrected chi connectivity index (χ3v) is 8.62. The summed E-state index contributed by atoms with van der Waals surface area (Å²) < 4.78 is 25.8. The number of nitrogens with zero attached hydrogens (tertiary/aromatic N) is 4. The third-order valence-electron chi connectivity index (χ3n) is 5.05. The third kappa shape index (κ3) is 4.60. The Morgan fingerprint density at radius 1 is 1.43 bits per heavy atom. The van der Waals surface area contributed by atoms with Gasteiger partial charge in [-0.05, 0) is 38.1 Å². The maximum Gasteiger partial charge on any atom is 0.233 e. The van der Waals surface area contributed by atoms with Gasteiger partial charge in [0.1, 0.15) is 0 Å². The van der Waals surface area contributed by atoms with Crippen LogP contribution < -0.4 is 0 Å². The zero-order valence-corrected chi connectivity index (χ0v) is 18.8. The molecule has 0 aromatic carbocycles. The number of thioether (sulfide) groups is 1. The number of sulfone groups is 1. The molecular formula is C18H26N4O3S3. The Morgan fingerprint density at radius 2 is 2.21 bits per heavy atom. The lowest BCUT2D eigenvalue weighted by Crippen LogP contribution is -2.47. The predicted molar refractivity (Wildman–Crippen MR) is 113 cm³/mol. The Balaban J connectivity index is 1.73. The Morgan fingerprint density at radius 3 is 2.79 bits per heavy atom. The average Bonchev–Trinajstić information content (AvgIpc) is 3.39. The van der Waals surface area contributed by atoms with Crippen LogP contribution in [0.25, 0.3) is 10.7 Å². The van der Waals surface area contributed by atoms with Gasteiger partial charge in [0.05, 0.1) is 22.1 Å². The lowest BCUT2D eigenvalue weighted by Gasteiger charge is -2.33. The molecule has 28 heavy (non-hydrogen) atoms. The van der Waals surface area contributed by atoms with Crippen LogP contribution in [0, 0.1) is 0 Å². The summed E-state index contributed by atoms with van der Waals surface area (Å²) in [5.41, 5.74) is 0. The highest BCUT2D eigenvalue weighted by molar-refractivity contribution is 7.99. The molecule has 1 aliphatic rings. The summed E-state index contributed by atoms with van der Waals surface area (Å²) in [6.07, 6.45) is 1.32. The van der Waals surface area contributed by atoms with Crippen LogP contribution in [-0.2, 0) is 21.2 Å². The van der Waals surface area contributed by atoms with E-state index in [1.54, 1.807) is 16.2 Å². The first-order chi connectivity index (χ1) is 13.4. The van der Waals surface area contributed by atoms with Crippen molar-refractivity contribution in [3.8, 4) is 10.7 Å². The van der Waals surface area contributed by atoms with Crippen LogP contribution in [0.4, 0.5) is 0 Å². The first-order valence-corrected chi connectivity index (χ1v) is 13.2. The van der Waals surface area contributed by atoms with E-state index in [4.69, 9.17) is 0 Å². The SMILES string of the molecule is CCC(C)N(C(=O)CSc1nnc(-c2cccs2)n1CC)C1CCS(=O)(=O)C1. The zero-order valence-electron chi connectivity index (χ0n) is 16.4. The number of thiophene rings is 1. The molecule has 1 saturated heterocycles. The van der Waals surface area contributed by atoms with E-state index in [9.17, 15) is 13.2 Å². The maximum atomic E-state index is 13.0. The number of carbonyl (C=O) groups excluding carboxylic acids is 1. The molecule has 0 aliphatic carbocycles. The van der Waals surface area contributed by atoms with Crippen LogP contribution in [0.5, 0.6) is 0 Å². The Kier molecular flexibility index (Phi) is 6.82. The van der Waals surface area contributed by atoms with E-state index < -0.39 is 9.84 Å². The molecule has 0 N–H and O–H groups in total. The summed E-state index contributed by atoms with van der Waals surface area (Å²) >= 11 is 2.97. The van der Waals surface area contributed by atoms with Crippen LogP contribution in [0.2, 0.25) is 0 Å². The van der Waals surface area contributed by atoms with E-state index in [2.05, 4.69) is 10.2 Å². The van der Waals surface area contributed by atoms with Crippen molar-refractivity contribution in [1.82, 2.24) is 19.7 Å². The van der Waals surface area contributed by atoms with Crippen LogP contribution in [0.3, 0.4) is 0 Å². The minimum Gasteiger partial charge on any atom is -0.335 e. The number of hydrogen-bond acceptors (Lipinski definition) is 7. The molecule has 10 heteroatoms. The minimum absolute atomic E-state index is 0.0112. The molecule has 0 spiro atoms. The second-order valence-electron chi connectivity index (χ2n) is 6.93. The van der Waals surface area contributed by atoms with Crippen LogP contribution in [0.15, 0.2) is 22.7 Å². The fraction of sp³-hybridized carbons (Fsp3) is 0.611. The highest BCUT2D eigenvalue weighted by Crippen LogP contribution is 2.28. The molecule has 1 aliphatic heterocycles. The van der Waals surface area contributed by atoms with Crippen molar-refractivity contribution in [2.45, 2.75) is 57.4 Å². The highest BCUT2D eigenvalue weighted by atomic mass is 32.2. The van der Waals surface area contributed by atoms with E-state index in [0.29, 0.717) is 18.1 Å². The topological polar surface area (TPSA) is 85.2 Å². The summed E-state index contributed by atoms with van der Waals surface area (Å²) in [5, 5.41) is 11.3. The number of aromatic nitrogens is 3. The minimum atomic E-state index is -3.04. The van der Waals surface area contributed by atoms with Gasteiger partial charge in [0.15, 0.2) is 20.8 Å². The van der Waals surface area contributed by atoms with Gasteiger partial charge in [0.2, 0.25) is 5.91 Å². The summed E-state index contributed by atoms with van der Waals surface area (Å²) in [5.74, 6) is 1.24. The van der Waals surface area contributed by atoms with Gasteiger partial charge in [-0.2, -0.15) is 0 Å². The second-order valence-corrected chi connectivity index (χ2v) is 11.1. The first-order valence-electron chi connectivity index (χ1n) is 9.47. The molecule has 1 fully saturated rings. The summed E-state index contributed by atoms with van der Waals surface area (Å²) in [7, 11) is -3.04. The van der Waals surface area contributed by atoms with Gasteiger partial charge in [0, 0.05) is 18.6 Å². The largest absolute Gasteiger partial charge is 0.335 e. The first kappa shape index (κ1) is 21.3. The molecule has 3 rings (SSSR count). The molecule has 0 bridgehead atoms. The molecule has 2 aromatic heterocycles. The second kappa shape index (κ2) is 8.96. The highest BCUT2D eigenvalue weighted by Gasteiger charge is 2.36. The molecule has 3 heterocycles. The van der Waals surface area contributed by atoms with E-state index in [-0.39, 0.29) is 35.2 Å². The molecule has 7 nitrogen and oxygen atoms in total. The molecule has 2 unspecified atom stereocenters. The fourth-order valence-corrected chi connectivity index (χ4v) is 6.77. The number of amides is 1. The number of hydrogen-bond donors (Lipinski definition) is 0. The lowest BCUT2D eigenvalue weighted by molar-refractivity contribution is -0.132. The van der Waals surface area contributed by atoms with Crippen molar-refractivity contribution in [3.63, 3.8) is 0 Å². The number of rotatable bonds is 8. The quantitative estimate of drug-likeness (QED) is 0.585. The van der Waals surface area contributed by atoms with Gasteiger partial charge in [-0.15, -0.1) is 21.5 Å². The van der Waals surface area contributed by atoms with E-state index >= 15 is 0 Å². The summed E-state index contributed by atoms with van der Waals surface area (Å²) in [6.45, 7) is 6.74. The maximum absolute atomic E-state index is 13.0. The Bertz CT molecular complexity index is 909. The molecule has 0 radical (unpaired) electrons. The van der Waals surface area contributed by atoms with Gasteiger partial charge in [0.25, 0.3) is 0 Å². The molecule has 1 amide bonds. The van der Waals surface area contributed by atoms with Crippen LogP contribution >= 0.6 is 23.1 Å². The van der Waals surface area contributed by atoms with Crippen molar-refractivity contribution in [2.75, 3.05) is 17.3 Å². The van der Waals surface area contributed by atoms with Crippen LogP contribution in [-0.4, -0.2) is 63.3 Å². The van der Waals surface area contributed by atoms with Gasteiger partial charge in [-0.25, -0.2) is 8.42 Å². The fourth-order valence-electron chi connectivity index (χ4n) is 3.47. The molecule has 0 saturated carbocycles. The van der Waals surface area contributed by atoms with Gasteiger partial charge < -0.3 is 9.47 Å². The van der Waals surface area contributed by atoms with Gasteiger partial charge in [-0.3, -0.25) is 4.79 Å². The van der Waals surface area contributed by atoms with Crippen molar-refractivity contribution in [2.24, 2.45) is 0 Å². The smallest absolute Gasteiger partial charge is 0.233 e. The van der Waals surface area contributed by atoms with Crippen molar-refractivity contribution in [1.29, 1.82) is 0 Å². The average molecular weight is 443 g/mol. The van der Waals surface area contributed by atoms with E-state index in [1.165, 1.54) is 11.8 Å². The molecule has 2 atom stereocenters. The normalized spacial score (nSPS) is 19.6. The molecular weight excluding hydrogens is 416 g/mol. The van der Waals surface area contributed by atoms with Crippen molar-refractivity contribution in [3.05, 3.63) is 17.5 Å². The Labute approximate surface area is 174 Å².